The summed E-state index contributed by atoms with van der Waals surface area (Å²) >= 11 is 0. The molecule has 0 saturated carbocycles. The number of carbonyl (C=O) groups is 1. The summed E-state index contributed by atoms with van der Waals surface area (Å²) in [6, 6.07) is 0.120. The van der Waals surface area contributed by atoms with E-state index in [0.717, 1.165) is 26.1 Å². The van der Waals surface area contributed by atoms with Crippen LogP contribution in [0.2, 0.25) is 0 Å². The molecule has 1 saturated heterocycles. The average molecular weight is 238 g/mol. The van der Waals surface area contributed by atoms with E-state index in [1.807, 2.05) is 6.92 Å². The van der Waals surface area contributed by atoms with Crippen LogP contribution in [0.5, 0.6) is 0 Å². The number of ether oxygens (including phenoxy) is 1. The van der Waals surface area contributed by atoms with Crippen LogP contribution in [-0.2, 0) is 4.74 Å². The first-order valence-corrected chi connectivity index (χ1v) is 5.86. The lowest BCUT2D eigenvalue weighted by molar-refractivity contribution is 0.0537. The molecule has 0 aromatic carbocycles. The number of rotatable bonds is 3. The van der Waals surface area contributed by atoms with Crippen LogP contribution in [0.4, 0.5) is 5.69 Å². The Morgan fingerprint density at radius 3 is 2.94 bits per heavy atom. The molecule has 1 unspecified atom stereocenters. The molecule has 2 heterocycles. The fourth-order valence-corrected chi connectivity index (χ4v) is 2.09. The Balaban J connectivity index is 1.92. The molecule has 2 rings (SSSR count). The Morgan fingerprint density at radius 1 is 1.65 bits per heavy atom. The summed E-state index contributed by atoms with van der Waals surface area (Å²) in [5, 5.41) is 9.28. The van der Waals surface area contributed by atoms with Crippen LogP contribution in [-0.4, -0.2) is 35.4 Å². The summed E-state index contributed by atoms with van der Waals surface area (Å²) in [4.78, 5) is 11.9. The third-order valence-electron chi connectivity index (χ3n) is 3.23. The molecule has 1 aliphatic rings. The van der Waals surface area contributed by atoms with Crippen molar-refractivity contribution in [3.63, 3.8) is 0 Å². The minimum absolute atomic E-state index is 0.120. The summed E-state index contributed by atoms with van der Waals surface area (Å²) in [7, 11) is 0. The van der Waals surface area contributed by atoms with Crippen LogP contribution >= 0.6 is 0 Å². The second kappa shape index (κ2) is 5.18. The number of nitrogens with one attached hydrogen (secondary N) is 2. The highest BCUT2D eigenvalue weighted by atomic mass is 16.5. The van der Waals surface area contributed by atoms with E-state index >= 15 is 0 Å². The quantitative estimate of drug-likeness (QED) is 0.716. The molecular weight excluding hydrogens is 220 g/mol. The first-order valence-electron chi connectivity index (χ1n) is 5.86. The van der Waals surface area contributed by atoms with Gasteiger partial charge in [0.2, 0.25) is 0 Å². The Kier molecular flexibility index (Phi) is 3.63. The van der Waals surface area contributed by atoms with E-state index in [-0.39, 0.29) is 11.9 Å². The van der Waals surface area contributed by atoms with Crippen LogP contribution < -0.4 is 11.1 Å². The Bertz CT molecular complexity index is 385. The third-order valence-corrected chi connectivity index (χ3v) is 3.23. The van der Waals surface area contributed by atoms with Crippen molar-refractivity contribution in [2.75, 3.05) is 18.9 Å². The van der Waals surface area contributed by atoms with E-state index in [1.165, 1.54) is 6.20 Å². The number of aromatic amines is 1. The second-order valence-corrected chi connectivity index (χ2v) is 4.41. The first-order chi connectivity index (χ1) is 8.18. The largest absolute Gasteiger partial charge is 0.396 e. The van der Waals surface area contributed by atoms with E-state index < -0.39 is 0 Å². The summed E-state index contributed by atoms with van der Waals surface area (Å²) in [5.41, 5.74) is 6.33. The molecule has 6 nitrogen and oxygen atoms in total. The van der Waals surface area contributed by atoms with Gasteiger partial charge in [-0.05, 0) is 25.7 Å². The highest BCUT2D eigenvalue weighted by Crippen LogP contribution is 2.19. The molecule has 0 spiro atoms. The number of nitrogens with two attached hydrogens (primary N) is 1. The Labute approximate surface area is 99.9 Å². The van der Waals surface area contributed by atoms with Gasteiger partial charge in [0.15, 0.2) is 0 Å². The minimum Gasteiger partial charge on any atom is -0.396 e. The van der Waals surface area contributed by atoms with E-state index in [9.17, 15) is 4.79 Å². The van der Waals surface area contributed by atoms with Crippen molar-refractivity contribution in [3.05, 3.63) is 11.9 Å². The number of anilines is 1. The lowest BCUT2D eigenvalue weighted by atomic mass is 9.93. The van der Waals surface area contributed by atoms with Crippen LogP contribution in [0.25, 0.3) is 0 Å². The standard InChI is InChI=1S/C11H18N4O2/c1-7(8-2-4-17-5-3-8)14-11(16)10-9(12)6-13-15-10/h6-8H,2-5,12H2,1H3,(H,13,15)(H,14,16). The van der Waals surface area contributed by atoms with E-state index in [1.54, 1.807) is 0 Å². The normalized spacial score (nSPS) is 18.9. The fourth-order valence-electron chi connectivity index (χ4n) is 2.09. The van der Waals surface area contributed by atoms with Gasteiger partial charge in [-0.15, -0.1) is 0 Å². The molecule has 0 bridgehead atoms. The number of H-pyrrole nitrogens is 1. The molecule has 1 aliphatic heterocycles. The fraction of sp³-hybridized carbons (Fsp3) is 0.636. The van der Waals surface area contributed by atoms with Crippen LogP contribution in [0.15, 0.2) is 6.20 Å². The molecule has 4 N–H and O–H groups in total. The van der Waals surface area contributed by atoms with Gasteiger partial charge in [0.25, 0.3) is 5.91 Å². The number of nitrogens with zero attached hydrogens (tertiary/aromatic N) is 1. The smallest absolute Gasteiger partial charge is 0.271 e. The van der Waals surface area contributed by atoms with E-state index in [0.29, 0.717) is 17.3 Å². The van der Waals surface area contributed by atoms with E-state index in [2.05, 4.69) is 15.5 Å². The number of nitrogen functional groups attached to an aromatic ring is 1. The highest BCUT2D eigenvalue weighted by molar-refractivity contribution is 5.97. The Morgan fingerprint density at radius 2 is 2.35 bits per heavy atom. The molecule has 1 atom stereocenters. The zero-order valence-electron chi connectivity index (χ0n) is 9.90. The number of hydrogen-bond donors (Lipinski definition) is 3. The summed E-state index contributed by atoms with van der Waals surface area (Å²) < 4.78 is 5.30. The minimum atomic E-state index is -0.195. The summed E-state index contributed by atoms with van der Waals surface area (Å²) in [6.45, 7) is 3.56. The van der Waals surface area contributed by atoms with Gasteiger partial charge in [-0.2, -0.15) is 5.10 Å². The summed E-state index contributed by atoms with van der Waals surface area (Å²) in [6.07, 6.45) is 3.41. The Hall–Kier alpha value is -1.56. The molecule has 0 aliphatic carbocycles. The van der Waals surface area contributed by atoms with Gasteiger partial charge >= 0.3 is 0 Å². The van der Waals surface area contributed by atoms with Crippen LogP contribution in [0.1, 0.15) is 30.3 Å². The lowest BCUT2D eigenvalue weighted by Gasteiger charge is -2.28. The van der Waals surface area contributed by atoms with Crippen molar-refractivity contribution in [2.24, 2.45) is 5.92 Å². The topological polar surface area (TPSA) is 93.0 Å². The zero-order chi connectivity index (χ0) is 12.3. The van der Waals surface area contributed by atoms with Crippen molar-refractivity contribution in [3.8, 4) is 0 Å². The molecule has 94 valence electrons. The average Bonchev–Trinajstić information content (AvgIpc) is 2.76. The maximum absolute atomic E-state index is 11.9. The predicted molar refractivity (Wildman–Crippen MR) is 63.5 cm³/mol. The first kappa shape index (κ1) is 11.9. The van der Waals surface area contributed by atoms with Gasteiger partial charge in [-0.25, -0.2) is 0 Å². The maximum Gasteiger partial charge on any atom is 0.271 e. The van der Waals surface area contributed by atoms with Crippen molar-refractivity contribution >= 4 is 11.6 Å². The van der Waals surface area contributed by atoms with Crippen molar-refractivity contribution in [1.82, 2.24) is 15.5 Å². The highest BCUT2D eigenvalue weighted by Gasteiger charge is 2.23. The molecule has 17 heavy (non-hydrogen) atoms. The molecule has 6 heteroatoms. The van der Waals surface area contributed by atoms with Gasteiger partial charge in [-0.1, -0.05) is 0 Å². The van der Waals surface area contributed by atoms with Crippen LogP contribution in [0.3, 0.4) is 0 Å². The SMILES string of the molecule is CC(NC(=O)c1[nH]ncc1N)C1CCOCC1. The van der Waals surface area contributed by atoms with Gasteiger partial charge < -0.3 is 15.8 Å². The molecule has 1 aromatic rings. The van der Waals surface area contributed by atoms with Gasteiger partial charge in [-0.3, -0.25) is 9.89 Å². The molecular formula is C11H18N4O2. The zero-order valence-corrected chi connectivity index (χ0v) is 9.90. The number of hydrogen-bond acceptors (Lipinski definition) is 4. The monoisotopic (exact) mass is 238 g/mol. The number of amides is 1. The van der Waals surface area contributed by atoms with Crippen molar-refractivity contribution in [2.45, 2.75) is 25.8 Å². The van der Waals surface area contributed by atoms with E-state index in [4.69, 9.17) is 10.5 Å². The van der Waals surface area contributed by atoms with Gasteiger partial charge in [0.05, 0.1) is 11.9 Å². The molecule has 0 radical (unpaired) electrons. The van der Waals surface area contributed by atoms with Gasteiger partial charge in [0, 0.05) is 19.3 Å². The van der Waals surface area contributed by atoms with Crippen LogP contribution in [0, 0.1) is 5.92 Å². The molecule has 1 aromatic heterocycles. The second-order valence-electron chi connectivity index (χ2n) is 4.41. The number of carbonyl (C=O) groups excluding carboxylic acids is 1. The van der Waals surface area contributed by atoms with Gasteiger partial charge in [0.1, 0.15) is 5.69 Å². The maximum atomic E-state index is 11.9. The van der Waals surface area contributed by atoms with Crippen molar-refractivity contribution < 1.29 is 9.53 Å². The molecule has 1 amide bonds. The third kappa shape index (κ3) is 2.76. The lowest BCUT2D eigenvalue weighted by Crippen LogP contribution is -2.40. The van der Waals surface area contributed by atoms with Crippen molar-refractivity contribution in [1.29, 1.82) is 0 Å². The predicted octanol–water partition coefficient (Wildman–Crippen LogP) is 0.537. The molecule has 1 fully saturated rings. The number of aromatic nitrogens is 2. The summed E-state index contributed by atoms with van der Waals surface area (Å²) in [5.74, 6) is 0.274.